The van der Waals surface area contributed by atoms with Crippen LogP contribution >= 0.6 is 0 Å². The van der Waals surface area contributed by atoms with E-state index in [1.807, 2.05) is 0 Å². The van der Waals surface area contributed by atoms with Crippen molar-refractivity contribution < 1.29 is 0 Å². The van der Waals surface area contributed by atoms with Crippen LogP contribution in [-0.4, -0.2) is 6.54 Å². The van der Waals surface area contributed by atoms with Crippen LogP contribution in [0, 0.1) is 0 Å². The molecule has 0 atom stereocenters. The fraction of sp³-hybridized carbons (Fsp3) is 0.0833. The number of hydrogen-bond acceptors (Lipinski definition) is 1. The van der Waals surface area contributed by atoms with Gasteiger partial charge in [-0.05, 0) is 59.0 Å². The zero-order valence-electron chi connectivity index (χ0n) is 14.4. The van der Waals surface area contributed by atoms with Gasteiger partial charge in [0.25, 0.3) is 0 Å². The fourth-order valence-electron chi connectivity index (χ4n) is 3.15. The molecule has 0 aliphatic carbocycles. The van der Waals surface area contributed by atoms with Crippen molar-refractivity contribution >= 4 is 5.70 Å². The van der Waals surface area contributed by atoms with E-state index in [1.165, 1.54) is 39.1 Å². The van der Waals surface area contributed by atoms with Crippen molar-refractivity contribution in [2.24, 2.45) is 0 Å². The van der Waals surface area contributed by atoms with Gasteiger partial charge in [0.1, 0.15) is 0 Å². The van der Waals surface area contributed by atoms with Crippen LogP contribution in [0.2, 0.25) is 0 Å². The van der Waals surface area contributed by atoms with E-state index in [9.17, 15) is 0 Å². The van der Waals surface area contributed by atoms with E-state index in [1.54, 1.807) is 0 Å². The van der Waals surface area contributed by atoms with E-state index in [-0.39, 0.29) is 0 Å². The predicted molar refractivity (Wildman–Crippen MR) is 107 cm³/mol. The summed E-state index contributed by atoms with van der Waals surface area (Å²) in [6, 6.07) is 28.0. The van der Waals surface area contributed by atoms with Crippen molar-refractivity contribution in [3.05, 3.63) is 102 Å². The lowest BCUT2D eigenvalue weighted by Crippen LogP contribution is -2.17. The molecule has 1 heterocycles. The molecule has 0 radical (unpaired) electrons. The highest BCUT2D eigenvalue weighted by atomic mass is 14.9. The van der Waals surface area contributed by atoms with Crippen molar-refractivity contribution in [1.82, 2.24) is 5.32 Å². The molecule has 122 valence electrons. The number of nitrogens with one attached hydrogen (secondary N) is 1. The topological polar surface area (TPSA) is 12.0 Å². The van der Waals surface area contributed by atoms with Crippen LogP contribution in [0.4, 0.5) is 0 Å². The van der Waals surface area contributed by atoms with Crippen molar-refractivity contribution in [3.63, 3.8) is 0 Å². The van der Waals surface area contributed by atoms with Crippen LogP contribution in [0.25, 0.3) is 28.0 Å². The molecule has 0 bridgehead atoms. The Morgan fingerprint density at radius 1 is 0.600 bits per heavy atom. The Hall–Kier alpha value is -3.06. The molecule has 3 aromatic rings. The Kier molecular flexibility index (Phi) is 4.22. The maximum atomic E-state index is 3.54. The molecule has 0 unspecified atom stereocenters. The predicted octanol–water partition coefficient (Wildman–Crippen LogP) is 5.91. The fourth-order valence-corrected chi connectivity index (χ4v) is 3.15. The number of hydrogen-bond donors (Lipinski definition) is 1. The monoisotopic (exact) mass is 323 g/mol. The maximum absolute atomic E-state index is 3.54. The van der Waals surface area contributed by atoms with Gasteiger partial charge in [-0.2, -0.15) is 0 Å². The standard InChI is InChI=1S/C24H21N/c1-18-12-13-24(25-17-18)23-15-21(19-8-4-2-5-9-19)14-22(16-23)20-10-6-3-7-11-20/h2-16,25H,17H2,1H3. The van der Waals surface area contributed by atoms with Crippen LogP contribution in [0.15, 0.2) is 96.6 Å². The van der Waals surface area contributed by atoms with Crippen LogP contribution in [-0.2, 0) is 0 Å². The van der Waals surface area contributed by atoms with Gasteiger partial charge in [-0.15, -0.1) is 0 Å². The first-order valence-corrected chi connectivity index (χ1v) is 8.67. The van der Waals surface area contributed by atoms with Crippen molar-refractivity contribution in [1.29, 1.82) is 0 Å². The third kappa shape index (κ3) is 3.41. The zero-order valence-corrected chi connectivity index (χ0v) is 14.4. The van der Waals surface area contributed by atoms with E-state index >= 15 is 0 Å². The molecule has 1 aliphatic rings. The summed E-state index contributed by atoms with van der Waals surface area (Å²) in [5, 5.41) is 3.54. The minimum absolute atomic E-state index is 0.905. The molecular weight excluding hydrogens is 302 g/mol. The molecule has 0 amide bonds. The lowest BCUT2D eigenvalue weighted by molar-refractivity contribution is 0.941. The third-order valence-corrected chi connectivity index (χ3v) is 4.55. The minimum atomic E-state index is 0.905. The lowest BCUT2D eigenvalue weighted by Gasteiger charge is -2.18. The first kappa shape index (κ1) is 15.5. The molecule has 0 aromatic heterocycles. The van der Waals surface area contributed by atoms with E-state index in [0.717, 1.165) is 6.54 Å². The third-order valence-electron chi connectivity index (χ3n) is 4.55. The van der Waals surface area contributed by atoms with Crippen LogP contribution in [0.5, 0.6) is 0 Å². The average molecular weight is 323 g/mol. The van der Waals surface area contributed by atoms with Gasteiger partial charge in [0.05, 0.1) is 0 Å². The minimum Gasteiger partial charge on any atom is -0.381 e. The smallest absolute Gasteiger partial charge is 0.0416 e. The van der Waals surface area contributed by atoms with E-state index < -0.39 is 0 Å². The zero-order chi connectivity index (χ0) is 17.1. The van der Waals surface area contributed by atoms with Gasteiger partial charge in [-0.3, -0.25) is 0 Å². The second-order valence-corrected chi connectivity index (χ2v) is 6.48. The van der Waals surface area contributed by atoms with Gasteiger partial charge in [0.2, 0.25) is 0 Å². The molecule has 4 rings (SSSR count). The highest BCUT2D eigenvalue weighted by molar-refractivity contribution is 5.80. The Morgan fingerprint density at radius 2 is 1.12 bits per heavy atom. The number of dihydropyridines is 1. The highest BCUT2D eigenvalue weighted by Crippen LogP contribution is 2.31. The molecule has 0 spiro atoms. The second-order valence-electron chi connectivity index (χ2n) is 6.48. The summed E-state index contributed by atoms with van der Waals surface area (Å²) in [6.45, 7) is 3.05. The van der Waals surface area contributed by atoms with Gasteiger partial charge in [0, 0.05) is 12.2 Å². The van der Waals surface area contributed by atoms with Crippen molar-refractivity contribution in [3.8, 4) is 22.3 Å². The van der Waals surface area contributed by atoms with Crippen molar-refractivity contribution in [2.75, 3.05) is 6.54 Å². The summed E-state index contributed by atoms with van der Waals surface area (Å²) in [5.41, 5.74) is 8.72. The summed E-state index contributed by atoms with van der Waals surface area (Å²) < 4.78 is 0. The van der Waals surface area contributed by atoms with Gasteiger partial charge in [0.15, 0.2) is 0 Å². The Bertz CT molecular complexity index is 877. The van der Waals surface area contributed by atoms with Gasteiger partial charge in [-0.1, -0.05) is 72.3 Å². The van der Waals surface area contributed by atoms with Gasteiger partial charge < -0.3 is 5.32 Å². The summed E-state index contributed by atoms with van der Waals surface area (Å²) in [7, 11) is 0. The Labute approximate surface area is 149 Å². The molecule has 0 saturated heterocycles. The molecular formula is C24H21N. The van der Waals surface area contributed by atoms with E-state index in [0.29, 0.717) is 0 Å². The molecule has 0 fully saturated rings. The van der Waals surface area contributed by atoms with Gasteiger partial charge in [-0.25, -0.2) is 0 Å². The number of rotatable bonds is 3. The SMILES string of the molecule is CC1=CC=C(c2cc(-c3ccccc3)cc(-c3ccccc3)c2)NC1. The van der Waals surface area contributed by atoms with Crippen LogP contribution in [0.1, 0.15) is 12.5 Å². The molecule has 25 heavy (non-hydrogen) atoms. The van der Waals surface area contributed by atoms with Gasteiger partial charge >= 0.3 is 0 Å². The molecule has 1 nitrogen and oxygen atoms in total. The molecule has 1 heteroatoms. The molecule has 1 aliphatic heterocycles. The summed E-state index contributed by atoms with van der Waals surface area (Å²) in [6.07, 6.45) is 4.38. The largest absolute Gasteiger partial charge is 0.381 e. The van der Waals surface area contributed by atoms with Crippen molar-refractivity contribution in [2.45, 2.75) is 6.92 Å². The van der Waals surface area contributed by atoms with Crippen LogP contribution in [0.3, 0.4) is 0 Å². The first-order chi connectivity index (χ1) is 12.3. The van der Waals surface area contributed by atoms with E-state index in [4.69, 9.17) is 0 Å². The quantitative estimate of drug-likeness (QED) is 0.631. The molecule has 3 aromatic carbocycles. The summed E-state index contributed by atoms with van der Waals surface area (Å²) >= 11 is 0. The summed E-state index contributed by atoms with van der Waals surface area (Å²) in [4.78, 5) is 0. The number of allylic oxidation sites excluding steroid dienone is 2. The van der Waals surface area contributed by atoms with Crippen LogP contribution < -0.4 is 5.32 Å². The molecule has 0 saturated carbocycles. The summed E-state index contributed by atoms with van der Waals surface area (Å²) in [5.74, 6) is 0. The normalized spacial score (nSPS) is 13.6. The second kappa shape index (κ2) is 6.82. The van der Waals surface area contributed by atoms with E-state index in [2.05, 4.69) is 103 Å². The Morgan fingerprint density at radius 3 is 1.60 bits per heavy atom. The average Bonchev–Trinajstić information content (AvgIpc) is 2.69. The molecule has 1 N–H and O–H groups in total. The highest BCUT2D eigenvalue weighted by Gasteiger charge is 2.10. The first-order valence-electron chi connectivity index (χ1n) is 8.67. The lowest BCUT2D eigenvalue weighted by atomic mass is 9.94. The Balaban J connectivity index is 1.87. The maximum Gasteiger partial charge on any atom is 0.0416 e. The number of benzene rings is 3.